The number of amides is 2. The van der Waals surface area contributed by atoms with Gasteiger partial charge in [0.05, 0.1) is 10.7 Å². The Kier molecular flexibility index (Phi) is 6.17. The van der Waals surface area contributed by atoms with Gasteiger partial charge in [0.1, 0.15) is 5.82 Å². The fourth-order valence-corrected chi connectivity index (χ4v) is 2.64. The summed E-state index contributed by atoms with van der Waals surface area (Å²) in [6.45, 7) is 1.87. The van der Waals surface area contributed by atoms with Crippen LogP contribution in [0, 0.1) is 5.82 Å². The Hall–Kier alpha value is -2.11. The summed E-state index contributed by atoms with van der Waals surface area (Å²) in [5, 5.41) is 3.50. The highest BCUT2D eigenvalue weighted by molar-refractivity contribution is 6.36. The molecular formula is C17H15Cl2FN2O2. The van der Waals surface area contributed by atoms with Crippen molar-refractivity contribution in [2.75, 3.05) is 18.0 Å². The second-order valence-electron chi connectivity index (χ2n) is 5.03. The third-order valence-corrected chi connectivity index (χ3v) is 3.85. The van der Waals surface area contributed by atoms with E-state index in [1.807, 2.05) is 0 Å². The van der Waals surface area contributed by atoms with Crippen LogP contribution in [0.4, 0.5) is 10.1 Å². The number of carbonyl (C=O) groups excluding carboxylic acids is 2. The Morgan fingerprint density at radius 2 is 1.79 bits per heavy atom. The van der Waals surface area contributed by atoms with Gasteiger partial charge in [-0.15, -0.1) is 0 Å². The summed E-state index contributed by atoms with van der Waals surface area (Å²) in [7, 11) is 0. The average Bonchev–Trinajstić information content (AvgIpc) is 2.52. The van der Waals surface area contributed by atoms with Crippen molar-refractivity contribution >= 4 is 40.7 Å². The number of benzene rings is 2. The van der Waals surface area contributed by atoms with Crippen molar-refractivity contribution in [3.05, 3.63) is 63.9 Å². The number of hydrogen-bond donors (Lipinski definition) is 1. The Morgan fingerprint density at radius 1 is 1.12 bits per heavy atom. The average molecular weight is 369 g/mol. The first-order chi connectivity index (χ1) is 11.4. The lowest BCUT2D eigenvalue weighted by atomic mass is 10.2. The molecule has 0 unspecified atom stereocenters. The minimum absolute atomic E-state index is 0.213. The molecule has 0 saturated carbocycles. The molecule has 7 heteroatoms. The van der Waals surface area contributed by atoms with Gasteiger partial charge in [-0.3, -0.25) is 9.59 Å². The lowest BCUT2D eigenvalue weighted by molar-refractivity contribution is -0.116. The lowest BCUT2D eigenvalue weighted by Crippen LogP contribution is -2.37. The lowest BCUT2D eigenvalue weighted by Gasteiger charge is -2.22. The smallest absolute Gasteiger partial charge is 0.251 e. The predicted octanol–water partition coefficient (Wildman–Crippen LogP) is 3.92. The molecule has 126 valence electrons. The first-order valence-electron chi connectivity index (χ1n) is 7.15. The highest BCUT2D eigenvalue weighted by Gasteiger charge is 2.15. The molecule has 0 heterocycles. The Balaban J connectivity index is 2.00. The van der Waals surface area contributed by atoms with E-state index in [1.165, 1.54) is 36.1 Å². The van der Waals surface area contributed by atoms with Crippen LogP contribution in [0.2, 0.25) is 10.0 Å². The molecule has 0 saturated heterocycles. The van der Waals surface area contributed by atoms with Gasteiger partial charge in [0.2, 0.25) is 5.91 Å². The number of hydrogen-bond acceptors (Lipinski definition) is 2. The Morgan fingerprint density at radius 3 is 2.38 bits per heavy atom. The van der Waals surface area contributed by atoms with Crippen molar-refractivity contribution < 1.29 is 14.0 Å². The highest BCUT2D eigenvalue weighted by Crippen LogP contribution is 2.28. The highest BCUT2D eigenvalue weighted by atomic mass is 35.5. The van der Waals surface area contributed by atoms with Crippen molar-refractivity contribution in [3.63, 3.8) is 0 Å². The van der Waals surface area contributed by atoms with Gasteiger partial charge in [-0.05, 0) is 42.5 Å². The molecule has 0 aromatic heterocycles. The number of anilines is 1. The second-order valence-corrected chi connectivity index (χ2v) is 5.87. The van der Waals surface area contributed by atoms with E-state index < -0.39 is 5.82 Å². The molecule has 0 aliphatic carbocycles. The van der Waals surface area contributed by atoms with Gasteiger partial charge in [-0.25, -0.2) is 4.39 Å². The summed E-state index contributed by atoms with van der Waals surface area (Å²) in [5.74, 6) is -0.970. The summed E-state index contributed by atoms with van der Waals surface area (Å²) in [6.07, 6.45) is 0. The third-order valence-electron chi connectivity index (χ3n) is 3.31. The van der Waals surface area contributed by atoms with E-state index in [0.29, 0.717) is 21.3 Å². The topological polar surface area (TPSA) is 49.4 Å². The van der Waals surface area contributed by atoms with Gasteiger partial charge in [-0.2, -0.15) is 0 Å². The van der Waals surface area contributed by atoms with Crippen molar-refractivity contribution in [2.45, 2.75) is 6.92 Å². The van der Waals surface area contributed by atoms with Crippen LogP contribution in [0.25, 0.3) is 0 Å². The molecule has 2 aromatic rings. The maximum atomic E-state index is 12.9. The first-order valence-corrected chi connectivity index (χ1v) is 7.91. The monoisotopic (exact) mass is 368 g/mol. The van der Waals surface area contributed by atoms with Gasteiger partial charge in [0.15, 0.2) is 0 Å². The molecule has 0 aliphatic rings. The van der Waals surface area contributed by atoms with Gasteiger partial charge in [0.25, 0.3) is 5.91 Å². The van der Waals surface area contributed by atoms with Crippen molar-refractivity contribution in [1.29, 1.82) is 0 Å². The fraction of sp³-hybridized carbons (Fsp3) is 0.176. The molecule has 2 aromatic carbocycles. The van der Waals surface area contributed by atoms with Gasteiger partial charge in [-0.1, -0.05) is 23.2 Å². The molecule has 0 aliphatic heterocycles. The molecule has 0 bridgehead atoms. The molecule has 4 nitrogen and oxygen atoms in total. The maximum absolute atomic E-state index is 12.9. The summed E-state index contributed by atoms with van der Waals surface area (Å²) < 4.78 is 12.9. The van der Waals surface area contributed by atoms with E-state index >= 15 is 0 Å². The van der Waals surface area contributed by atoms with Crippen LogP contribution in [0.3, 0.4) is 0 Å². The normalized spacial score (nSPS) is 10.3. The number of rotatable bonds is 5. The zero-order valence-electron chi connectivity index (χ0n) is 12.9. The Bertz CT molecular complexity index is 751. The summed E-state index contributed by atoms with van der Waals surface area (Å²) >= 11 is 12.0. The number of carbonyl (C=O) groups is 2. The van der Waals surface area contributed by atoms with Crippen molar-refractivity contribution in [1.82, 2.24) is 5.32 Å². The fourth-order valence-electron chi connectivity index (χ4n) is 2.13. The number of nitrogens with zero attached hydrogens (tertiary/aromatic N) is 1. The molecule has 0 fully saturated rings. The minimum atomic E-state index is -0.410. The van der Waals surface area contributed by atoms with E-state index in [2.05, 4.69) is 5.32 Å². The zero-order chi connectivity index (χ0) is 17.7. The molecule has 1 N–H and O–H groups in total. The zero-order valence-corrected chi connectivity index (χ0v) is 14.4. The van der Waals surface area contributed by atoms with Crippen LogP contribution >= 0.6 is 23.2 Å². The molecule has 0 spiro atoms. The Labute approximate surface area is 149 Å². The van der Waals surface area contributed by atoms with Crippen LogP contribution in [-0.2, 0) is 4.79 Å². The van der Waals surface area contributed by atoms with E-state index in [9.17, 15) is 14.0 Å². The SMILES string of the molecule is CC(=O)N(CCNC(=O)c1ccc(F)cc1)c1ccc(Cl)cc1Cl. The molecule has 2 amide bonds. The second kappa shape index (κ2) is 8.13. The largest absolute Gasteiger partial charge is 0.350 e. The molecule has 0 radical (unpaired) electrons. The van der Waals surface area contributed by atoms with Gasteiger partial charge < -0.3 is 10.2 Å². The summed E-state index contributed by atoms with van der Waals surface area (Å²) in [5.41, 5.74) is 0.861. The molecule has 24 heavy (non-hydrogen) atoms. The third kappa shape index (κ3) is 4.69. The summed E-state index contributed by atoms with van der Waals surface area (Å²) in [4.78, 5) is 25.3. The molecule has 2 rings (SSSR count). The van der Waals surface area contributed by atoms with Crippen LogP contribution < -0.4 is 10.2 Å². The van der Waals surface area contributed by atoms with Gasteiger partial charge in [0, 0.05) is 30.6 Å². The van der Waals surface area contributed by atoms with E-state index in [-0.39, 0.29) is 24.9 Å². The van der Waals surface area contributed by atoms with Crippen LogP contribution in [0.5, 0.6) is 0 Å². The van der Waals surface area contributed by atoms with E-state index in [4.69, 9.17) is 23.2 Å². The number of nitrogens with one attached hydrogen (secondary N) is 1. The predicted molar refractivity (Wildman–Crippen MR) is 93.2 cm³/mol. The van der Waals surface area contributed by atoms with E-state index in [1.54, 1.807) is 18.2 Å². The summed E-state index contributed by atoms with van der Waals surface area (Å²) in [6, 6.07) is 10.0. The molecular weight excluding hydrogens is 354 g/mol. The van der Waals surface area contributed by atoms with Crippen LogP contribution in [0.15, 0.2) is 42.5 Å². The standard InChI is InChI=1S/C17H15Cl2FN2O2/c1-11(23)22(16-7-4-13(18)10-15(16)19)9-8-21-17(24)12-2-5-14(20)6-3-12/h2-7,10H,8-9H2,1H3,(H,21,24). The molecule has 0 atom stereocenters. The van der Waals surface area contributed by atoms with E-state index in [0.717, 1.165) is 0 Å². The number of halogens is 3. The van der Waals surface area contributed by atoms with Crippen molar-refractivity contribution in [2.24, 2.45) is 0 Å². The van der Waals surface area contributed by atoms with Gasteiger partial charge >= 0.3 is 0 Å². The van der Waals surface area contributed by atoms with Crippen LogP contribution in [-0.4, -0.2) is 24.9 Å². The minimum Gasteiger partial charge on any atom is -0.350 e. The van der Waals surface area contributed by atoms with Crippen LogP contribution in [0.1, 0.15) is 17.3 Å². The first kappa shape index (κ1) is 18.2. The maximum Gasteiger partial charge on any atom is 0.251 e. The quantitative estimate of drug-likeness (QED) is 0.869. The van der Waals surface area contributed by atoms with Crippen molar-refractivity contribution in [3.8, 4) is 0 Å².